The topological polar surface area (TPSA) is 72.2 Å². The summed E-state index contributed by atoms with van der Waals surface area (Å²) in [5.74, 6) is -1.29. The summed E-state index contributed by atoms with van der Waals surface area (Å²) in [6, 6.07) is 4.68. The molecule has 0 spiro atoms. The van der Waals surface area contributed by atoms with Crippen LogP contribution in [0.4, 0.5) is 0 Å². The quantitative estimate of drug-likeness (QED) is 0.915. The Morgan fingerprint density at radius 1 is 1.50 bits per heavy atom. The van der Waals surface area contributed by atoms with Crippen LogP contribution in [0.1, 0.15) is 15.9 Å². The van der Waals surface area contributed by atoms with Gasteiger partial charge in [-0.05, 0) is 17.7 Å². The number of rotatable bonds is 3. The second-order valence-electron chi connectivity index (χ2n) is 3.67. The van der Waals surface area contributed by atoms with Crippen molar-refractivity contribution in [3.05, 3.63) is 63.3 Å². The molecule has 0 bridgehead atoms. The van der Waals surface area contributed by atoms with E-state index in [1.54, 1.807) is 24.5 Å². The predicted octanol–water partition coefficient (Wildman–Crippen LogP) is 1.64. The third kappa shape index (κ3) is 2.57. The van der Waals surface area contributed by atoms with Gasteiger partial charge in [-0.3, -0.25) is 9.78 Å². The number of aromatic carboxylic acids is 1. The van der Waals surface area contributed by atoms with Crippen molar-refractivity contribution in [3.63, 3.8) is 0 Å². The molecule has 5 nitrogen and oxygen atoms in total. The van der Waals surface area contributed by atoms with Gasteiger partial charge >= 0.3 is 5.97 Å². The second-order valence-corrected chi connectivity index (χ2v) is 4.11. The molecule has 92 valence electrons. The highest BCUT2D eigenvalue weighted by atomic mass is 35.5. The third-order valence-electron chi connectivity index (χ3n) is 2.36. The molecule has 0 saturated heterocycles. The van der Waals surface area contributed by atoms with E-state index < -0.39 is 11.5 Å². The molecule has 0 fully saturated rings. The lowest BCUT2D eigenvalue weighted by Gasteiger charge is -2.07. The molecule has 0 saturated carbocycles. The number of nitrogens with zero attached hydrogens (tertiary/aromatic N) is 2. The Morgan fingerprint density at radius 2 is 2.28 bits per heavy atom. The van der Waals surface area contributed by atoms with Gasteiger partial charge < -0.3 is 9.67 Å². The molecule has 0 aliphatic carbocycles. The Hall–Kier alpha value is -2.14. The predicted molar refractivity (Wildman–Crippen MR) is 66.0 cm³/mol. The lowest BCUT2D eigenvalue weighted by atomic mass is 10.2. The van der Waals surface area contributed by atoms with Gasteiger partial charge in [0.2, 0.25) is 0 Å². The highest BCUT2D eigenvalue weighted by Crippen LogP contribution is 2.09. The average molecular weight is 265 g/mol. The molecule has 2 aromatic heterocycles. The Labute approximate surface area is 107 Å². The third-order valence-corrected chi connectivity index (χ3v) is 2.57. The number of carbonyl (C=O) groups is 1. The molecule has 0 aliphatic rings. The Kier molecular flexibility index (Phi) is 3.43. The normalized spacial score (nSPS) is 10.3. The van der Waals surface area contributed by atoms with Crippen LogP contribution in [0.5, 0.6) is 0 Å². The largest absolute Gasteiger partial charge is 0.477 e. The van der Waals surface area contributed by atoms with Gasteiger partial charge in [-0.1, -0.05) is 17.7 Å². The van der Waals surface area contributed by atoms with Crippen molar-refractivity contribution in [1.29, 1.82) is 0 Å². The fourth-order valence-corrected chi connectivity index (χ4v) is 1.79. The molecule has 18 heavy (non-hydrogen) atoms. The smallest absolute Gasteiger partial charge is 0.341 e. The van der Waals surface area contributed by atoms with Crippen LogP contribution in [0.15, 0.2) is 41.6 Å². The number of hydrogen-bond acceptors (Lipinski definition) is 3. The molecule has 1 N–H and O–H groups in total. The van der Waals surface area contributed by atoms with E-state index in [0.29, 0.717) is 0 Å². The van der Waals surface area contributed by atoms with Crippen molar-refractivity contribution in [2.75, 3.05) is 0 Å². The van der Waals surface area contributed by atoms with Crippen LogP contribution in [0.2, 0.25) is 5.02 Å². The minimum atomic E-state index is -1.29. The molecule has 0 atom stereocenters. The highest BCUT2D eigenvalue weighted by molar-refractivity contribution is 6.30. The van der Waals surface area contributed by atoms with Crippen molar-refractivity contribution >= 4 is 17.6 Å². The van der Waals surface area contributed by atoms with Gasteiger partial charge in [-0.25, -0.2) is 4.79 Å². The van der Waals surface area contributed by atoms with Crippen molar-refractivity contribution in [1.82, 2.24) is 9.55 Å². The first-order valence-corrected chi connectivity index (χ1v) is 5.48. The van der Waals surface area contributed by atoms with Gasteiger partial charge in [0.05, 0.1) is 11.6 Å². The van der Waals surface area contributed by atoms with Crippen LogP contribution in [0, 0.1) is 0 Å². The minimum Gasteiger partial charge on any atom is -0.477 e. The van der Waals surface area contributed by atoms with E-state index in [1.165, 1.54) is 10.8 Å². The standard InChI is InChI=1S/C12H9ClN2O3/c13-9-4-10(12(17)18)11(16)15(7-9)6-8-2-1-3-14-5-8/h1-5,7H,6H2,(H,17,18). The van der Waals surface area contributed by atoms with E-state index in [9.17, 15) is 9.59 Å². The van der Waals surface area contributed by atoms with Gasteiger partial charge in [-0.15, -0.1) is 0 Å². The fourth-order valence-electron chi connectivity index (χ4n) is 1.56. The van der Waals surface area contributed by atoms with E-state index in [0.717, 1.165) is 11.6 Å². The average Bonchev–Trinajstić information content (AvgIpc) is 2.34. The SMILES string of the molecule is O=C(O)c1cc(Cl)cn(Cc2cccnc2)c1=O. The molecular formula is C12H9ClN2O3. The first-order valence-electron chi connectivity index (χ1n) is 5.10. The maximum atomic E-state index is 11.9. The zero-order valence-electron chi connectivity index (χ0n) is 9.21. The molecule has 0 unspecified atom stereocenters. The highest BCUT2D eigenvalue weighted by Gasteiger charge is 2.12. The van der Waals surface area contributed by atoms with Crippen molar-refractivity contribution in [3.8, 4) is 0 Å². The maximum absolute atomic E-state index is 11.9. The van der Waals surface area contributed by atoms with Gasteiger partial charge in [0.1, 0.15) is 5.56 Å². The summed E-state index contributed by atoms with van der Waals surface area (Å²) in [7, 11) is 0. The Morgan fingerprint density at radius 3 is 2.89 bits per heavy atom. The Balaban J connectivity index is 2.46. The zero-order chi connectivity index (χ0) is 13.1. The molecule has 2 aromatic rings. The molecular weight excluding hydrogens is 256 g/mol. The van der Waals surface area contributed by atoms with Gasteiger partial charge in [0, 0.05) is 18.6 Å². The van der Waals surface area contributed by atoms with Crippen molar-refractivity contribution in [2.24, 2.45) is 0 Å². The summed E-state index contributed by atoms with van der Waals surface area (Å²) in [6.45, 7) is 0.230. The molecule has 2 heterocycles. The number of carboxylic acid groups (broad SMARTS) is 1. The molecule has 6 heteroatoms. The zero-order valence-corrected chi connectivity index (χ0v) is 9.96. The van der Waals surface area contributed by atoms with E-state index >= 15 is 0 Å². The van der Waals surface area contributed by atoms with Crippen LogP contribution < -0.4 is 5.56 Å². The summed E-state index contributed by atoms with van der Waals surface area (Å²) in [6.07, 6.45) is 4.63. The molecule has 0 radical (unpaired) electrons. The van der Waals surface area contributed by atoms with Gasteiger partial charge in [-0.2, -0.15) is 0 Å². The first-order chi connectivity index (χ1) is 8.58. The van der Waals surface area contributed by atoms with Gasteiger partial charge in [0.25, 0.3) is 5.56 Å². The minimum absolute atomic E-state index is 0.205. The van der Waals surface area contributed by atoms with Crippen molar-refractivity contribution < 1.29 is 9.90 Å². The molecule has 0 aliphatic heterocycles. The van der Waals surface area contributed by atoms with Crippen LogP contribution >= 0.6 is 11.6 Å². The van der Waals surface area contributed by atoms with Crippen LogP contribution in [-0.4, -0.2) is 20.6 Å². The summed E-state index contributed by atoms with van der Waals surface area (Å²) in [4.78, 5) is 26.7. The second kappa shape index (κ2) is 5.01. The fraction of sp³-hybridized carbons (Fsp3) is 0.0833. The summed E-state index contributed by atoms with van der Waals surface area (Å²) >= 11 is 5.79. The first kappa shape index (κ1) is 12.3. The monoisotopic (exact) mass is 264 g/mol. The van der Waals surface area contributed by atoms with Crippen LogP contribution in [-0.2, 0) is 6.54 Å². The van der Waals surface area contributed by atoms with E-state index in [1.807, 2.05) is 0 Å². The Bertz CT molecular complexity index is 638. The van der Waals surface area contributed by atoms with Crippen LogP contribution in [0.3, 0.4) is 0 Å². The maximum Gasteiger partial charge on any atom is 0.341 e. The lowest BCUT2D eigenvalue weighted by Crippen LogP contribution is -2.26. The number of halogens is 1. The summed E-state index contributed by atoms with van der Waals surface area (Å²) < 4.78 is 1.25. The molecule has 2 rings (SSSR count). The number of pyridine rings is 2. The number of hydrogen-bond donors (Lipinski definition) is 1. The molecule has 0 aromatic carbocycles. The van der Waals surface area contributed by atoms with Crippen molar-refractivity contribution in [2.45, 2.75) is 6.54 Å². The van der Waals surface area contributed by atoms with E-state index in [4.69, 9.17) is 16.7 Å². The van der Waals surface area contributed by atoms with E-state index in [-0.39, 0.29) is 17.1 Å². The van der Waals surface area contributed by atoms with E-state index in [2.05, 4.69) is 4.98 Å². The van der Waals surface area contributed by atoms with Crippen LogP contribution in [0.25, 0.3) is 0 Å². The summed E-state index contributed by atoms with van der Waals surface area (Å²) in [5.41, 5.74) is -0.139. The number of aromatic nitrogens is 2. The molecule has 0 amide bonds. The summed E-state index contributed by atoms with van der Waals surface area (Å²) in [5, 5.41) is 9.10. The lowest BCUT2D eigenvalue weighted by molar-refractivity contribution is 0.0694. The van der Waals surface area contributed by atoms with Gasteiger partial charge in [0.15, 0.2) is 0 Å². The number of carboxylic acids is 1.